The van der Waals surface area contributed by atoms with Crippen molar-refractivity contribution in [1.29, 1.82) is 5.26 Å². The fraction of sp³-hybridized carbons (Fsp3) is 0.385. The van der Waals surface area contributed by atoms with E-state index in [4.69, 9.17) is 0 Å². The van der Waals surface area contributed by atoms with Gasteiger partial charge >= 0.3 is 0 Å². The largest absolute Gasteiger partial charge is 0.366 e. The highest BCUT2D eigenvalue weighted by molar-refractivity contribution is 6.09. The first-order chi connectivity index (χ1) is 14.2. The zero-order chi connectivity index (χ0) is 22.1. The highest BCUT2D eigenvalue weighted by Gasteiger charge is 2.35. The lowest BCUT2D eigenvalue weighted by Crippen LogP contribution is -2.48. The van der Waals surface area contributed by atoms with Crippen molar-refractivity contribution in [2.45, 2.75) is 59.4 Å². The number of hydrogen-bond donors (Lipinski definition) is 1. The maximum Gasteiger partial charge on any atom is 0.266 e. The summed E-state index contributed by atoms with van der Waals surface area (Å²) in [6.07, 6.45) is 2.78. The summed E-state index contributed by atoms with van der Waals surface area (Å²) in [5.74, 6) is 0.0281. The van der Waals surface area contributed by atoms with Crippen molar-refractivity contribution < 1.29 is 4.79 Å². The molecule has 0 spiro atoms. The number of fused-ring (bicyclic) bond motifs is 1. The Morgan fingerprint density at radius 1 is 1.27 bits per heavy atom. The number of anilines is 2. The average Bonchev–Trinajstić information content (AvgIpc) is 2.68. The summed E-state index contributed by atoms with van der Waals surface area (Å²) in [6.45, 7) is 14.0. The molecule has 2 aromatic rings. The van der Waals surface area contributed by atoms with Gasteiger partial charge in [0.1, 0.15) is 11.6 Å². The molecule has 0 saturated carbocycles. The second-order valence-electron chi connectivity index (χ2n) is 8.92. The van der Waals surface area contributed by atoms with Crippen LogP contribution in [-0.2, 0) is 4.79 Å². The van der Waals surface area contributed by atoms with E-state index in [0.29, 0.717) is 11.6 Å². The molecule has 0 saturated heterocycles. The number of amides is 1. The van der Waals surface area contributed by atoms with Crippen molar-refractivity contribution in [1.82, 2.24) is 0 Å². The van der Waals surface area contributed by atoms with Crippen LogP contribution in [0.1, 0.15) is 62.3 Å². The van der Waals surface area contributed by atoms with Crippen LogP contribution in [-0.4, -0.2) is 18.0 Å². The molecule has 0 aliphatic carbocycles. The molecule has 3 rings (SSSR count). The summed E-state index contributed by atoms with van der Waals surface area (Å²) in [5, 5.41) is 12.4. The van der Waals surface area contributed by atoms with Gasteiger partial charge in [-0.2, -0.15) is 5.26 Å². The molecule has 1 atom stereocenters. The third kappa shape index (κ3) is 4.26. The van der Waals surface area contributed by atoms with Gasteiger partial charge in [0.25, 0.3) is 5.91 Å². The van der Waals surface area contributed by atoms with Crippen LogP contribution in [0.5, 0.6) is 0 Å². The number of nitrogens with one attached hydrogen (secondary N) is 1. The monoisotopic (exact) mass is 401 g/mol. The van der Waals surface area contributed by atoms with E-state index < -0.39 is 0 Å². The van der Waals surface area contributed by atoms with Gasteiger partial charge in [0, 0.05) is 23.5 Å². The molecule has 4 heteroatoms. The second-order valence-corrected chi connectivity index (χ2v) is 8.92. The van der Waals surface area contributed by atoms with E-state index in [2.05, 4.69) is 56.1 Å². The van der Waals surface area contributed by atoms with Crippen LogP contribution in [0.25, 0.3) is 6.08 Å². The van der Waals surface area contributed by atoms with E-state index >= 15 is 0 Å². The Balaban J connectivity index is 1.96. The molecule has 1 aliphatic heterocycles. The molecule has 0 aromatic heterocycles. The molecule has 1 N–H and O–H groups in total. The van der Waals surface area contributed by atoms with Gasteiger partial charge in [-0.3, -0.25) is 4.79 Å². The Kier molecular flexibility index (Phi) is 6.03. The Hall–Kier alpha value is -3.06. The highest BCUT2D eigenvalue weighted by atomic mass is 16.1. The van der Waals surface area contributed by atoms with Crippen molar-refractivity contribution in [3.63, 3.8) is 0 Å². The lowest BCUT2D eigenvalue weighted by Gasteiger charge is -2.47. The van der Waals surface area contributed by atoms with Crippen molar-refractivity contribution in [3.8, 4) is 6.07 Å². The van der Waals surface area contributed by atoms with Crippen LogP contribution in [0.4, 0.5) is 11.4 Å². The number of nitriles is 1. The minimum absolute atomic E-state index is 0.106. The molecule has 0 radical (unpaired) electrons. The molecule has 156 valence electrons. The van der Waals surface area contributed by atoms with Crippen LogP contribution in [0.2, 0.25) is 0 Å². The van der Waals surface area contributed by atoms with Gasteiger partial charge in [-0.1, -0.05) is 24.6 Å². The molecule has 4 nitrogen and oxygen atoms in total. The second kappa shape index (κ2) is 8.36. The van der Waals surface area contributed by atoms with E-state index in [0.717, 1.165) is 29.7 Å². The zero-order valence-corrected chi connectivity index (χ0v) is 18.8. The van der Waals surface area contributed by atoms with Gasteiger partial charge in [0.15, 0.2) is 0 Å². The maximum absolute atomic E-state index is 12.7. The zero-order valence-electron chi connectivity index (χ0n) is 18.8. The van der Waals surface area contributed by atoms with E-state index in [1.807, 2.05) is 38.1 Å². The molecular weight excluding hydrogens is 370 g/mol. The lowest BCUT2D eigenvalue weighted by molar-refractivity contribution is -0.112. The molecule has 2 aromatic carbocycles. The molecule has 1 heterocycles. The number of benzene rings is 2. The Labute approximate surface area is 180 Å². The molecule has 1 aliphatic rings. The van der Waals surface area contributed by atoms with Crippen molar-refractivity contribution in [3.05, 3.63) is 64.2 Å². The Morgan fingerprint density at radius 2 is 1.93 bits per heavy atom. The van der Waals surface area contributed by atoms with E-state index in [9.17, 15) is 10.1 Å². The number of carbonyl (C=O) groups excluding carboxylic acids is 1. The normalized spacial score (nSPS) is 17.8. The van der Waals surface area contributed by atoms with Gasteiger partial charge in [-0.05, 0) is 94.0 Å². The van der Waals surface area contributed by atoms with E-state index in [1.165, 1.54) is 11.3 Å². The minimum Gasteiger partial charge on any atom is -0.366 e. The molecule has 30 heavy (non-hydrogen) atoms. The molecule has 0 fully saturated rings. The Morgan fingerprint density at radius 3 is 2.53 bits per heavy atom. The Bertz CT molecular complexity index is 1030. The van der Waals surface area contributed by atoms with Crippen LogP contribution >= 0.6 is 0 Å². The van der Waals surface area contributed by atoms with Gasteiger partial charge < -0.3 is 10.2 Å². The summed E-state index contributed by atoms with van der Waals surface area (Å²) in [4.78, 5) is 15.1. The van der Waals surface area contributed by atoms with Gasteiger partial charge in [-0.25, -0.2) is 0 Å². The van der Waals surface area contributed by atoms with Gasteiger partial charge in [0.05, 0.1) is 0 Å². The predicted octanol–water partition coefficient (Wildman–Crippen LogP) is 5.96. The number of nitrogens with zero attached hydrogens (tertiary/aromatic N) is 2. The fourth-order valence-corrected chi connectivity index (χ4v) is 4.54. The summed E-state index contributed by atoms with van der Waals surface area (Å²) in [5.41, 5.74) is 6.55. The number of rotatable bonds is 4. The molecule has 0 bridgehead atoms. The molecule has 0 unspecified atom stereocenters. The average molecular weight is 402 g/mol. The van der Waals surface area contributed by atoms with E-state index in [-0.39, 0.29) is 17.0 Å². The maximum atomic E-state index is 12.7. The van der Waals surface area contributed by atoms with Crippen molar-refractivity contribution in [2.75, 3.05) is 16.8 Å². The standard InChI is InChI=1S/C26H31N3O/c1-7-29-24-12-18(3)20(14-23(24)19(4)15-26(29,5)6)13-21(16-27)25(30)28-22-10-8-17(2)9-11-22/h8-14,19H,7,15H2,1-6H3,(H,28,30)/b21-13-/t19-/m1/s1. The number of aryl methyl sites for hydroxylation is 2. The van der Waals surface area contributed by atoms with Crippen molar-refractivity contribution >= 4 is 23.4 Å². The van der Waals surface area contributed by atoms with Crippen molar-refractivity contribution in [2.24, 2.45) is 0 Å². The first kappa shape index (κ1) is 21.6. The van der Waals surface area contributed by atoms with E-state index in [1.54, 1.807) is 6.08 Å². The first-order valence-electron chi connectivity index (χ1n) is 10.6. The quantitative estimate of drug-likeness (QED) is 0.508. The summed E-state index contributed by atoms with van der Waals surface area (Å²) < 4.78 is 0. The summed E-state index contributed by atoms with van der Waals surface area (Å²) >= 11 is 0. The number of carbonyl (C=O) groups is 1. The van der Waals surface area contributed by atoms with Gasteiger partial charge in [0.2, 0.25) is 0 Å². The summed E-state index contributed by atoms with van der Waals surface area (Å²) in [6, 6.07) is 14.0. The minimum atomic E-state index is -0.386. The number of hydrogen-bond acceptors (Lipinski definition) is 3. The summed E-state index contributed by atoms with van der Waals surface area (Å²) in [7, 11) is 0. The van der Waals surface area contributed by atoms with Crippen LogP contribution in [0.3, 0.4) is 0 Å². The SMILES string of the molecule is CCN1c2cc(C)c(/C=C(/C#N)C(=O)Nc3ccc(C)cc3)cc2[C@H](C)CC1(C)C. The van der Waals surface area contributed by atoms with Crippen LogP contribution < -0.4 is 10.2 Å². The molecule has 1 amide bonds. The third-order valence-electron chi connectivity index (χ3n) is 6.06. The first-order valence-corrected chi connectivity index (χ1v) is 10.6. The van der Waals surface area contributed by atoms with Crippen LogP contribution in [0.15, 0.2) is 42.0 Å². The van der Waals surface area contributed by atoms with Crippen LogP contribution in [0, 0.1) is 25.2 Å². The topological polar surface area (TPSA) is 56.1 Å². The highest BCUT2D eigenvalue weighted by Crippen LogP contribution is 2.44. The molecular formula is C26H31N3O. The lowest BCUT2D eigenvalue weighted by atomic mass is 9.79. The third-order valence-corrected chi connectivity index (χ3v) is 6.06. The van der Waals surface area contributed by atoms with Gasteiger partial charge in [-0.15, -0.1) is 0 Å². The fourth-order valence-electron chi connectivity index (χ4n) is 4.54. The predicted molar refractivity (Wildman–Crippen MR) is 125 cm³/mol. The smallest absolute Gasteiger partial charge is 0.266 e.